The van der Waals surface area contributed by atoms with Crippen LogP contribution in [0.2, 0.25) is 5.02 Å². The Hall–Kier alpha value is -2.07. The summed E-state index contributed by atoms with van der Waals surface area (Å²) in [4.78, 5) is 11.6. The zero-order valence-electron chi connectivity index (χ0n) is 9.68. The molecular formula is C13H11ClN2O2. The summed E-state index contributed by atoms with van der Waals surface area (Å²) in [5.41, 5.74) is 3.22. The van der Waals surface area contributed by atoms with Gasteiger partial charge in [0.15, 0.2) is 5.76 Å². The molecule has 0 aliphatic heterocycles. The summed E-state index contributed by atoms with van der Waals surface area (Å²) in [6, 6.07) is 10.4. The van der Waals surface area contributed by atoms with Crippen molar-refractivity contribution in [1.82, 2.24) is 5.43 Å². The SMILES string of the molecule is Cc1ccc(C(=O)N/N=C\c2ccc(Cl)cc2)o1. The van der Waals surface area contributed by atoms with Crippen LogP contribution < -0.4 is 5.43 Å². The van der Waals surface area contributed by atoms with Crippen LogP contribution in [0.4, 0.5) is 0 Å². The molecule has 2 rings (SSSR count). The maximum atomic E-state index is 11.6. The lowest BCUT2D eigenvalue weighted by atomic mass is 10.2. The molecule has 1 aromatic carbocycles. The third-order valence-corrected chi connectivity index (χ3v) is 2.47. The van der Waals surface area contributed by atoms with Gasteiger partial charge in [-0.25, -0.2) is 5.43 Å². The third-order valence-electron chi connectivity index (χ3n) is 2.21. The minimum Gasteiger partial charge on any atom is -0.456 e. The molecule has 1 N–H and O–H groups in total. The number of amides is 1. The second-order valence-corrected chi connectivity index (χ2v) is 4.10. The molecule has 0 unspecified atom stereocenters. The van der Waals surface area contributed by atoms with Crippen molar-refractivity contribution in [3.05, 3.63) is 58.5 Å². The first kappa shape index (κ1) is 12.4. The van der Waals surface area contributed by atoms with Crippen molar-refractivity contribution in [1.29, 1.82) is 0 Å². The number of carbonyl (C=O) groups is 1. The normalized spacial score (nSPS) is 10.8. The molecule has 2 aromatic rings. The molecule has 0 aliphatic rings. The molecule has 0 saturated heterocycles. The van der Waals surface area contributed by atoms with Crippen LogP contribution in [0.15, 0.2) is 45.9 Å². The summed E-state index contributed by atoms with van der Waals surface area (Å²) in [7, 11) is 0. The maximum absolute atomic E-state index is 11.6. The van der Waals surface area contributed by atoms with Gasteiger partial charge in [-0.2, -0.15) is 5.10 Å². The fraction of sp³-hybridized carbons (Fsp3) is 0.0769. The highest BCUT2D eigenvalue weighted by Gasteiger charge is 2.07. The number of halogens is 1. The molecule has 0 fully saturated rings. The largest absolute Gasteiger partial charge is 0.456 e. The van der Waals surface area contributed by atoms with Gasteiger partial charge in [0.1, 0.15) is 5.76 Å². The van der Waals surface area contributed by atoms with Crippen molar-refractivity contribution >= 4 is 23.7 Å². The van der Waals surface area contributed by atoms with Gasteiger partial charge in [0.2, 0.25) is 0 Å². The van der Waals surface area contributed by atoms with E-state index in [0.717, 1.165) is 5.56 Å². The summed E-state index contributed by atoms with van der Waals surface area (Å²) in [5, 5.41) is 4.48. The van der Waals surface area contributed by atoms with E-state index in [1.54, 1.807) is 43.3 Å². The third kappa shape index (κ3) is 3.21. The van der Waals surface area contributed by atoms with Crippen molar-refractivity contribution in [3.8, 4) is 0 Å². The van der Waals surface area contributed by atoms with Crippen LogP contribution in [0.5, 0.6) is 0 Å². The van der Waals surface area contributed by atoms with E-state index in [1.807, 2.05) is 0 Å². The minimum absolute atomic E-state index is 0.237. The Balaban J connectivity index is 1.95. The number of hydrogen-bond donors (Lipinski definition) is 1. The predicted molar refractivity (Wildman–Crippen MR) is 70.0 cm³/mol. The van der Waals surface area contributed by atoms with Crippen LogP contribution in [0.3, 0.4) is 0 Å². The van der Waals surface area contributed by atoms with E-state index in [-0.39, 0.29) is 11.7 Å². The van der Waals surface area contributed by atoms with Crippen LogP contribution >= 0.6 is 11.6 Å². The van der Waals surface area contributed by atoms with Crippen molar-refractivity contribution in [2.75, 3.05) is 0 Å². The van der Waals surface area contributed by atoms with Gasteiger partial charge in [-0.05, 0) is 36.8 Å². The quantitative estimate of drug-likeness (QED) is 0.683. The molecule has 1 aromatic heterocycles. The van der Waals surface area contributed by atoms with Gasteiger partial charge in [0.05, 0.1) is 6.21 Å². The van der Waals surface area contributed by atoms with Crippen LogP contribution in [0.1, 0.15) is 21.9 Å². The van der Waals surface area contributed by atoms with Crippen LogP contribution in [-0.2, 0) is 0 Å². The van der Waals surface area contributed by atoms with Gasteiger partial charge < -0.3 is 4.42 Å². The van der Waals surface area contributed by atoms with E-state index in [0.29, 0.717) is 10.8 Å². The van der Waals surface area contributed by atoms with Gasteiger partial charge in [-0.3, -0.25) is 4.79 Å². The van der Waals surface area contributed by atoms with E-state index in [2.05, 4.69) is 10.5 Å². The molecule has 18 heavy (non-hydrogen) atoms. The molecule has 0 radical (unpaired) electrons. The van der Waals surface area contributed by atoms with E-state index in [9.17, 15) is 4.79 Å². The molecule has 1 amide bonds. The fourth-order valence-electron chi connectivity index (χ4n) is 1.33. The number of aryl methyl sites for hydroxylation is 1. The van der Waals surface area contributed by atoms with Crippen molar-refractivity contribution in [3.63, 3.8) is 0 Å². The standard InChI is InChI=1S/C13H11ClN2O2/c1-9-2-7-12(18-9)13(17)16-15-8-10-3-5-11(14)6-4-10/h2-8H,1H3,(H,16,17)/b15-8-. The molecule has 92 valence electrons. The van der Waals surface area contributed by atoms with Crippen LogP contribution in [0.25, 0.3) is 0 Å². The average Bonchev–Trinajstić information content (AvgIpc) is 2.78. The van der Waals surface area contributed by atoms with Crippen LogP contribution in [0, 0.1) is 6.92 Å². The highest BCUT2D eigenvalue weighted by atomic mass is 35.5. The number of rotatable bonds is 3. The summed E-state index contributed by atoms with van der Waals surface area (Å²) in [6.45, 7) is 1.77. The summed E-state index contributed by atoms with van der Waals surface area (Å²) in [6.07, 6.45) is 1.53. The van der Waals surface area contributed by atoms with Crippen molar-refractivity contribution < 1.29 is 9.21 Å². The van der Waals surface area contributed by atoms with E-state index in [4.69, 9.17) is 16.0 Å². The van der Waals surface area contributed by atoms with Crippen molar-refractivity contribution in [2.24, 2.45) is 5.10 Å². The second kappa shape index (κ2) is 5.51. The number of carbonyl (C=O) groups excluding carboxylic acids is 1. The first-order chi connectivity index (χ1) is 8.65. The lowest BCUT2D eigenvalue weighted by Gasteiger charge is -1.96. The predicted octanol–water partition coefficient (Wildman–Crippen LogP) is 3.01. The Bertz CT molecular complexity index is 573. The Morgan fingerprint density at radius 3 is 2.61 bits per heavy atom. The number of hydrogen-bond acceptors (Lipinski definition) is 3. The summed E-state index contributed by atoms with van der Waals surface area (Å²) in [5.74, 6) is 0.538. The van der Waals surface area contributed by atoms with Crippen LogP contribution in [-0.4, -0.2) is 12.1 Å². The smallest absolute Gasteiger partial charge is 0.307 e. The molecule has 0 atom stereocenters. The fourth-order valence-corrected chi connectivity index (χ4v) is 1.45. The van der Waals surface area contributed by atoms with E-state index >= 15 is 0 Å². The summed E-state index contributed by atoms with van der Waals surface area (Å²) < 4.78 is 5.16. The number of hydrazone groups is 1. The van der Waals surface area contributed by atoms with Gasteiger partial charge in [-0.15, -0.1) is 0 Å². The Kier molecular flexibility index (Phi) is 3.79. The summed E-state index contributed by atoms with van der Waals surface area (Å²) >= 11 is 5.75. The number of nitrogens with zero attached hydrogens (tertiary/aromatic N) is 1. The maximum Gasteiger partial charge on any atom is 0.307 e. The van der Waals surface area contributed by atoms with Gasteiger partial charge >= 0.3 is 5.91 Å². The highest BCUT2D eigenvalue weighted by Crippen LogP contribution is 2.08. The molecule has 0 aliphatic carbocycles. The second-order valence-electron chi connectivity index (χ2n) is 3.66. The van der Waals surface area contributed by atoms with Gasteiger partial charge in [0, 0.05) is 5.02 Å². The Morgan fingerprint density at radius 2 is 2.00 bits per heavy atom. The molecule has 5 heteroatoms. The van der Waals surface area contributed by atoms with E-state index < -0.39 is 0 Å². The topological polar surface area (TPSA) is 54.6 Å². The van der Waals surface area contributed by atoms with E-state index in [1.165, 1.54) is 6.21 Å². The molecule has 1 heterocycles. The highest BCUT2D eigenvalue weighted by molar-refractivity contribution is 6.30. The Morgan fingerprint density at radius 1 is 1.28 bits per heavy atom. The molecule has 0 spiro atoms. The average molecular weight is 263 g/mol. The first-order valence-corrected chi connectivity index (χ1v) is 5.68. The number of benzene rings is 1. The van der Waals surface area contributed by atoms with Gasteiger partial charge in [-0.1, -0.05) is 23.7 Å². The molecule has 0 bridgehead atoms. The molecule has 0 saturated carbocycles. The lowest BCUT2D eigenvalue weighted by molar-refractivity contribution is 0.0926. The van der Waals surface area contributed by atoms with Gasteiger partial charge in [0.25, 0.3) is 0 Å². The lowest BCUT2D eigenvalue weighted by Crippen LogP contribution is -2.16. The Labute approximate surface area is 109 Å². The molecule has 4 nitrogen and oxygen atoms in total. The number of furan rings is 1. The number of nitrogens with one attached hydrogen (secondary N) is 1. The van der Waals surface area contributed by atoms with Crippen molar-refractivity contribution in [2.45, 2.75) is 6.92 Å². The molecular weight excluding hydrogens is 252 g/mol. The monoisotopic (exact) mass is 262 g/mol. The first-order valence-electron chi connectivity index (χ1n) is 5.30. The zero-order valence-corrected chi connectivity index (χ0v) is 10.4. The minimum atomic E-state index is -0.381. The zero-order chi connectivity index (χ0) is 13.0.